The van der Waals surface area contributed by atoms with Crippen LogP contribution in [0.2, 0.25) is 0 Å². The van der Waals surface area contributed by atoms with Crippen LogP contribution in [0, 0.1) is 0 Å². The van der Waals surface area contributed by atoms with E-state index < -0.39 is 16.2 Å². The maximum absolute atomic E-state index is 13.2. The minimum absolute atomic E-state index is 0.0982. The molecule has 0 bridgehead atoms. The molecule has 1 fully saturated rings. The van der Waals surface area contributed by atoms with Crippen LogP contribution in [0.3, 0.4) is 0 Å². The van der Waals surface area contributed by atoms with E-state index in [-0.39, 0.29) is 12.6 Å². The average Bonchev–Trinajstić information content (AvgIpc) is 3.09. The topological polar surface area (TPSA) is 112 Å². The van der Waals surface area contributed by atoms with Crippen LogP contribution < -0.4 is 14.7 Å². The van der Waals surface area contributed by atoms with E-state index in [1.165, 1.54) is 22.0 Å². The van der Waals surface area contributed by atoms with Crippen LogP contribution >= 0.6 is 0 Å². The predicted octanol–water partition coefficient (Wildman–Crippen LogP) is 1.07. The fraction of sp³-hybridized carbons (Fsp3) is 0.524. The number of aromatic nitrogens is 2. The summed E-state index contributed by atoms with van der Waals surface area (Å²) in [6, 6.07) is 1.34. The van der Waals surface area contributed by atoms with Crippen LogP contribution in [-0.4, -0.2) is 43.5 Å². The van der Waals surface area contributed by atoms with Crippen LogP contribution in [0.25, 0.3) is 0 Å². The molecule has 1 aromatic heterocycles. The van der Waals surface area contributed by atoms with E-state index in [9.17, 15) is 13.5 Å². The lowest BCUT2D eigenvalue weighted by molar-refractivity contribution is -0.213. The molecule has 10 heteroatoms. The van der Waals surface area contributed by atoms with E-state index in [1.54, 1.807) is 13.2 Å². The summed E-state index contributed by atoms with van der Waals surface area (Å²) >= 11 is 0. The zero-order valence-electron chi connectivity index (χ0n) is 17.5. The number of fused-ring (bicyclic) bond motifs is 2. The minimum Gasteiger partial charge on any atom is -0.845 e. The summed E-state index contributed by atoms with van der Waals surface area (Å²) in [6.45, 7) is 0.703. The SMILES string of the molecule is Cn1cc(N(CC2CCCCO2)S(=O)(=O)/N=C(\[O-])Nc2c3c(cc4c2CC4)CC3)cn1. The van der Waals surface area contributed by atoms with Gasteiger partial charge in [0.25, 0.3) is 0 Å². The number of rotatable bonds is 6. The van der Waals surface area contributed by atoms with Crippen molar-refractivity contribution in [1.29, 1.82) is 0 Å². The molecule has 0 spiro atoms. The molecular formula is C21H26N5O4S-. The second-order valence-electron chi connectivity index (χ2n) is 8.42. The van der Waals surface area contributed by atoms with E-state index in [0.29, 0.717) is 12.3 Å². The van der Waals surface area contributed by atoms with Gasteiger partial charge in [0, 0.05) is 25.5 Å². The molecule has 1 atom stereocenters. The molecule has 1 saturated heterocycles. The smallest absolute Gasteiger partial charge is 0.345 e. The highest BCUT2D eigenvalue weighted by Gasteiger charge is 2.29. The standard InChI is InChI=1S/C21H27N5O4S/c1-25-12-16(11-22-25)26(13-17-4-2-3-9-30-17)31(28,29)24-21(27)23-20-18-7-5-14(18)10-15-6-8-19(15)20/h10-12,17H,2-9,13H2,1H3,(H2,23,24,27)/p-1. The Morgan fingerprint density at radius 2 is 2.03 bits per heavy atom. The van der Waals surface area contributed by atoms with E-state index in [4.69, 9.17) is 4.74 Å². The van der Waals surface area contributed by atoms with Gasteiger partial charge in [-0.1, -0.05) is 6.07 Å². The van der Waals surface area contributed by atoms with Crippen LogP contribution in [0.4, 0.5) is 11.4 Å². The Kier molecular flexibility index (Phi) is 5.13. The highest BCUT2D eigenvalue weighted by Crippen LogP contribution is 2.40. The molecular weight excluding hydrogens is 418 g/mol. The molecule has 9 nitrogen and oxygen atoms in total. The molecule has 1 unspecified atom stereocenters. The first kappa shape index (κ1) is 20.3. The molecule has 0 saturated carbocycles. The number of ether oxygens (including phenoxy) is 1. The Morgan fingerprint density at radius 3 is 2.58 bits per heavy atom. The quantitative estimate of drug-likeness (QED) is 0.527. The zero-order chi connectivity index (χ0) is 21.6. The second kappa shape index (κ2) is 7.83. The highest BCUT2D eigenvalue weighted by molar-refractivity contribution is 7.91. The van der Waals surface area contributed by atoms with Crippen molar-refractivity contribution in [3.8, 4) is 0 Å². The summed E-state index contributed by atoms with van der Waals surface area (Å²) in [5, 5.41) is 19.5. The first-order valence-electron chi connectivity index (χ1n) is 10.7. The van der Waals surface area contributed by atoms with Crippen molar-refractivity contribution in [1.82, 2.24) is 9.78 Å². The summed E-state index contributed by atoms with van der Waals surface area (Å²) in [7, 11) is -2.57. The normalized spacial score (nSPS) is 20.3. The lowest BCUT2D eigenvalue weighted by atomic mass is 9.76. The molecule has 0 amide bonds. The third-order valence-corrected chi connectivity index (χ3v) is 7.66. The minimum atomic E-state index is -4.28. The van der Waals surface area contributed by atoms with Crippen molar-refractivity contribution in [2.24, 2.45) is 11.4 Å². The molecule has 3 aliphatic rings. The van der Waals surface area contributed by atoms with Gasteiger partial charge in [-0.05, 0) is 67.2 Å². The van der Waals surface area contributed by atoms with E-state index >= 15 is 0 Å². The van der Waals surface area contributed by atoms with Crippen molar-refractivity contribution >= 4 is 27.6 Å². The van der Waals surface area contributed by atoms with Gasteiger partial charge in [0.15, 0.2) is 0 Å². The van der Waals surface area contributed by atoms with Crippen LogP contribution in [-0.2, 0) is 47.7 Å². The number of anilines is 2. The highest BCUT2D eigenvalue weighted by atomic mass is 32.2. The Labute approximate surface area is 181 Å². The maximum Gasteiger partial charge on any atom is 0.345 e. The molecule has 5 rings (SSSR count). The largest absolute Gasteiger partial charge is 0.845 e. The lowest BCUT2D eigenvalue weighted by Gasteiger charge is -2.33. The van der Waals surface area contributed by atoms with Crippen molar-refractivity contribution in [3.05, 3.63) is 40.7 Å². The van der Waals surface area contributed by atoms with Crippen molar-refractivity contribution < 1.29 is 18.3 Å². The van der Waals surface area contributed by atoms with E-state index in [2.05, 4.69) is 20.9 Å². The third kappa shape index (κ3) is 3.89. The Balaban J connectivity index is 1.42. The third-order valence-electron chi connectivity index (χ3n) is 6.35. The van der Waals surface area contributed by atoms with Crippen LogP contribution in [0.5, 0.6) is 0 Å². The fourth-order valence-electron chi connectivity index (χ4n) is 4.51. The molecule has 2 aromatic rings. The van der Waals surface area contributed by atoms with Gasteiger partial charge >= 0.3 is 10.2 Å². The van der Waals surface area contributed by atoms with Crippen molar-refractivity contribution in [3.63, 3.8) is 0 Å². The van der Waals surface area contributed by atoms with Gasteiger partial charge in [0.2, 0.25) is 0 Å². The molecule has 1 N–H and O–H groups in total. The predicted molar refractivity (Wildman–Crippen MR) is 115 cm³/mol. The maximum atomic E-state index is 13.2. The summed E-state index contributed by atoms with van der Waals surface area (Å²) in [5.74, 6) is 0. The fourth-order valence-corrected chi connectivity index (χ4v) is 5.58. The van der Waals surface area contributed by atoms with Crippen molar-refractivity contribution in [2.75, 3.05) is 22.8 Å². The molecule has 2 heterocycles. The van der Waals surface area contributed by atoms with Crippen molar-refractivity contribution in [2.45, 2.75) is 51.0 Å². The van der Waals surface area contributed by atoms with E-state index in [0.717, 1.165) is 66.1 Å². The molecule has 166 valence electrons. The molecule has 1 aliphatic heterocycles. The number of hydrogen-bond acceptors (Lipinski definition) is 5. The number of benzene rings is 1. The summed E-state index contributed by atoms with van der Waals surface area (Å²) in [6.07, 6.45) is 9.30. The van der Waals surface area contributed by atoms with E-state index in [1.807, 2.05) is 0 Å². The first-order chi connectivity index (χ1) is 14.9. The second-order valence-corrected chi connectivity index (χ2v) is 9.94. The van der Waals surface area contributed by atoms with Gasteiger partial charge in [-0.25, -0.2) is 4.31 Å². The van der Waals surface area contributed by atoms with Crippen LogP contribution in [0.1, 0.15) is 41.5 Å². The number of hydrogen-bond donors (Lipinski definition) is 1. The van der Waals surface area contributed by atoms with Gasteiger partial charge < -0.3 is 15.2 Å². The summed E-state index contributed by atoms with van der Waals surface area (Å²) in [4.78, 5) is 0. The lowest BCUT2D eigenvalue weighted by Crippen LogP contribution is -2.41. The molecule has 2 aliphatic carbocycles. The Hall–Kier alpha value is -2.59. The van der Waals surface area contributed by atoms with Gasteiger partial charge in [-0.15, -0.1) is 4.40 Å². The van der Waals surface area contributed by atoms with Gasteiger partial charge in [-0.2, -0.15) is 13.5 Å². The summed E-state index contributed by atoms with van der Waals surface area (Å²) < 4.78 is 38.3. The number of nitrogens with one attached hydrogen (secondary N) is 1. The number of aryl methyl sites for hydroxylation is 3. The summed E-state index contributed by atoms with van der Waals surface area (Å²) in [5.41, 5.74) is 5.82. The Morgan fingerprint density at radius 1 is 1.29 bits per heavy atom. The average molecular weight is 445 g/mol. The van der Waals surface area contributed by atoms with Crippen LogP contribution in [0.15, 0.2) is 22.9 Å². The number of nitrogens with zero attached hydrogens (tertiary/aromatic N) is 4. The Bertz CT molecular complexity index is 1100. The number of amidine groups is 1. The monoisotopic (exact) mass is 444 g/mol. The van der Waals surface area contributed by atoms with Gasteiger partial charge in [0.05, 0.1) is 30.6 Å². The van der Waals surface area contributed by atoms with Gasteiger partial charge in [-0.3, -0.25) is 4.68 Å². The molecule has 0 radical (unpaired) electrons. The van der Waals surface area contributed by atoms with Gasteiger partial charge in [0.1, 0.15) is 0 Å². The first-order valence-corrected chi connectivity index (χ1v) is 12.1. The zero-order valence-corrected chi connectivity index (χ0v) is 18.3. The molecule has 1 aromatic carbocycles. The molecule has 31 heavy (non-hydrogen) atoms.